The van der Waals surface area contributed by atoms with E-state index in [9.17, 15) is 28.8 Å². The summed E-state index contributed by atoms with van der Waals surface area (Å²) in [4.78, 5) is 101. The van der Waals surface area contributed by atoms with Crippen molar-refractivity contribution >= 4 is 74.9 Å². The number of carbonyl (C=O) groups excluding carboxylic acids is 6. The van der Waals surface area contributed by atoms with Gasteiger partial charge in [0.05, 0.1) is 29.6 Å². The number of piperazine rings is 2. The van der Waals surface area contributed by atoms with Crippen LogP contribution in [-0.4, -0.2) is 130 Å². The first-order valence-electron chi connectivity index (χ1n) is 21.1. The number of hydrogen-bond acceptors (Lipinski definition) is 15. The number of thiazole rings is 1. The van der Waals surface area contributed by atoms with E-state index in [4.69, 9.17) is 4.74 Å². The second-order valence-corrected chi connectivity index (χ2v) is 17.0. The summed E-state index contributed by atoms with van der Waals surface area (Å²) in [6, 6.07) is 20.9. The lowest BCUT2D eigenvalue weighted by Gasteiger charge is -2.39. The molecule has 64 heavy (non-hydrogen) atoms. The highest BCUT2D eigenvalue weighted by molar-refractivity contribution is 7.17. The van der Waals surface area contributed by atoms with Gasteiger partial charge in [0.2, 0.25) is 17.7 Å². The number of anilines is 5. The number of fused-ring (bicyclic) bond motifs is 1. The Labute approximate surface area is 372 Å². The Morgan fingerprint density at radius 3 is 2.34 bits per heavy atom. The minimum atomic E-state index is -1.04. The fourth-order valence-corrected chi connectivity index (χ4v) is 9.08. The molecule has 0 aliphatic carbocycles. The van der Waals surface area contributed by atoms with Crippen LogP contribution in [0.2, 0.25) is 0 Å². The molecular weight excluding hydrogens is 839 g/mol. The summed E-state index contributed by atoms with van der Waals surface area (Å²) in [5.41, 5.74) is 2.59. The van der Waals surface area contributed by atoms with Gasteiger partial charge in [0, 0.05) is 70.5 Å². The van der Waals surface area contributed by atoms with Crippen LogP contribution in [0.4, 0.5) is 28.1 Å². The minimum Gasteiger partial charge on any atom is -0.457 e. The molecule has 3 saturated heterocycles. The van der Waals surface area contributed by atoms with Gasteiger partial charge in [-0.3, -0.25) is 43.9 Å². The maximum atomic E-state index is 13.6. The van der Waals surface area contributed by atoms with Gasteiger partial charge in [0.15, 0.2) is 5.13 Å². The molecule has 1 unspecified atom stereocenters. The van der Waals surface area contributed by atoms with Gasteiger partial charge in [-0.15, -0.1) is 0 Å². The number of nitrogens with one attached hydrogen (secondary N) is 3. The van der Waals surface area contributed by atoms with Crippen molar-refractivity contribution in [2.24, 2.45) is 0 Å². The van der Waals surface area contributed by atoms with Crippen molar-refractivity contribution in [2.45, 2.75) is 32.7 Å². The van der Waals surface area contributed by atoms with Crippen LogP contribution in [0.15, 0.2) is 79.0 Å². The molecule has 3 N–H and O–H groups in total. The molecule has 4 aliphatic heterocycles. The Morgan fingerprint density at radius 2 is 1.59 bits per heavy atom. The zero-order valence-electron chi connectivity index (χ0n) is 35.2. The van der Waals surface area contributed by atoms with E-state index in [0.717, 1.165) is 22.0 Å². The van der Waals surface area contributed by atoms with Crippen LogP contribution in [0.25, 0.3) is 0 Å². The van der Waals surface area contributed by atoms with E-state index in [-0.39, 0.29) is 42.3 Å². The maximum Gasteiger partial charge on any atom is 0.267 e. The van der Waals surface area contributed by atoms with Crippen molar-refractivity contribution in [3.05, 3.63) is 106 Å². The highest BCUT2D eigenvalue weighted by atomic mass is 32.1. The molecular formula is C45H45N11O7S. The third-order valence-electron chi connectivity index (χ3n) is 11.7. The quantitative estimate of drug-likeness (QED) is 0.159. The van der Waals surface area contributed by atoms with Gasteiger partial charge < -0.3 is 30.1 Å². The van der Waals surface area contributed by atoms with Crippen LogP contribution >= 0.6 is 11.3 Å². The van der Waals surface area contributed by atoms with E-state index in [1.807, 2.05) is 78.2 Å². The average Bonchev–Trinajstić information content (AvgIpc) is 3.86. The molecule has 1 atom stereocenters. The molecule has 0 spiro atoms. The van der Waals surface area contributed by atoms with Gasteiger partial charge in [-0.05, 0) is 68.3 Å². The molecule has 0 saturated carbocycles. The topological polar surface area (TPSA) is 203 Å². The first-order valence-corrected chi connectivity index (χ1v) is 21.9. The molecule has 3 aromatic carbocycles. The van der Waals surface area contributed by atoms with E-state index in [2.05, 4.69) is 40.7 Å². The number of benzene rings is 3. The van der Waals surface area contributed by atoms with Crippen LogP contribution in [0.3, 0.4) is 0 Å². The largest absolute Gasteiger partial charge is 0.457 e. The number of piperidine rings is 1. The van der Waals surface area contributed by atoms with Gasteiger partial charge in [0.1, 0.15) is 39.9 Å². The number of hydrogen-bond donors (Lipinski definition) is 3. The molecule has 3 fully saturated rings. The molecule has 0 bridgehead atoms. The van der Waals surface area contributed by atoms with Crippen LogP contribution in [0.5, 0.6) is 11.5 Å². The monoisotopic (exact) mass is 883 g/mol. The molecule has 18 nitrogen and oxygen atoms in total. The highest BCUT2D eigenvalue weighted by Gasteiger charge is 2.46. The van der Waals surface area contributed by atoms with Crippen molar-refractivity contribution in [1.29, 1.82) is 0 Å². The Balaban J connectivity index is 0.749. The number of imide groups is 2. The lowest BCUT2D eigenvalue weighted by atomic mass is 10.0. The summed E-state index contributed by atoms with van der Waals surface area (Å²) in [5.74, 6) is 0.835. The van der Waals surface area contributed by atoms with E-state index in [0.29, 0.717) is 91.1 Å². The van der Waals surface area contributed by atoms with Crippen LogP contribution in [0.1, 0.15) is 54.6 Å². The van der Waals surface area contributed by atoms with E-state index >= 15 is 0 Å². The molecule has 0 radical (unpaired) electrons. The van der Waals surface area contributed by atoms with Crippen molar-refractivity contribution < 1.29 is 33.5 Å². The molecule has 2 aromatic heterocycles. The molecule has 328 valence electrons. The number of aromatic nitrogens is 3. The summed E-state index contributed by atoms with van der Waals surface area (Å²) >= 11 is 1.21. The fraction of sp³-hybridized carbons (Fsp3) is 0.311. The maximum absolute atomic E-state index is 13.6. The molecule has 6 heterocycles. The Morgan fingerprint density at radius 1 is 0.828 bits per heavy atom. The zero-order chi connectivity index (χ0) is 44.5. The van der Waals surface area contributed by atoms with Crippen LogP contribution in [-0.2, 0) is 14.4 Å². The predicted octanol–water partition coefficient (Wildman–Crippen LogP) is 4.21. The smallest absolute Gasteiger partial charge is 0.267 e. The molecule has 5 aromatic rings. The molecule has 9 rings (SSSR count). The van der Waals surface area contributed by atoms with E-state index < -0.39 is 29.7 Å². The minimum absolute atomic E-state index is 0.0176. The number of ether oxygens (including phenoxy) is 1. The van der Waals surface area contributed by atoms with Crippen molar-refractivity contribution in [3.63, 3.8) is 0 Å². The Hall–Kier alpha value is -7.25. The third kappa shape index (κ3) is 8.84. The summed E-state index contributed by atoms with van der Waals surface area (Å²) in [5, 5.41) is 8.95. The van der Waals surface area contributed by atoms with Gasteiger partial charge >= 0.3 is 0 Å². The van der Waals surface area contributed by atoms with E-state index in [1.54, 1.807) is 18.2 Å². The first-order chi connectivity index (χ1) is 31.0. The highest BCUT2D eigenvalue weighted by Crippen LogP contribution is 2.35. The van der Waals surface area contributed by atoms with Gasteiger partial charge in [-0.2, -0.15) is 0 Å². The number of rotatable bonds is 11. The summed E-state index contributed by atoms with van der Waals surface area (Å²) in [6.45, 7) is 8.43. The number of carbonyl (C=O) groups is 6. The Bertz CT molecular complexity index is 2660. The fourth-order valence-electron chi connectivity index (χ4n) is 8.36. The van der Waals surface area contributed by atoms with Crippen LogP contribution < -0.4 is 30.5 Å². The number of amides is 6. The lowest BCUT2D eigenvalue weighted by Crippen LogP contribution is -2.54. The van der Waals surface area contributed by atoms with Crippen LogP contribution in [0, 0.1) is 13.8 Å². The molecule has 19 heteroatoms. The summed E-state index contributed by atoms with van der Waals surface area (Å²) in [6.07, 6.45) is 1.66. The predicted molar refractivity (Wildman–Crippen MR) is 238 cm³/mol. The third-order valence-corrected chi connectivity index (χ3v) is 12.6. The average molecular weight is 884 g/mol. The molecule has 6 amide bonds. The van der Waals surface area contributed by atoms with Crippen molar-refractivity contribution in [2.75, 3.05) is 79.3 Å². The lowest BCUT2D eigenvalue weighted by molar-refractivity contribution is -0.136. The second-order valence-electron chi connectivity index (χ2n) is 15.9. The second kappa shape index (κ2) is 17.9. The molecule has 4 aliphatic rings. The number of para-hydroxylation sites is 1. The van der Waals surface area contributed by atoms with Gasteiger partial charge in [-0.1, -0.05) is 35.6 Å². The number of aryl methyl sites for hydroxylation is 2. The van der Waals surface area contributed by atoms with Gasteiger partial charge in [0.25, 0.3) is 17.7 Å². The van der Waals surface area contributed by atoms with Crippen molar-refractivity contribution in [1.82, 2.24) is 35.0 Å². The van der Waals surface area contributed by atoms with E-state index in [1.165, 1.54) is 17.5 Å². The summed E-state index contributed by atoms with van der Waals surface area (Å²) < 4.78 is 5.92. The zero-order valence-corrected chi connectivity index (χ0v) is 36.0. The SMILES string of the molecule is Cc1nc(Nc2ncc(C(=O)Nc3ccc(Oc4ccccc4)cc3C)s2)cc(N2CCN(CC(=O)N3CCN(c4cccc5c4C(=O)N(C4CCC(=O)NC4=O)C5=O)CC3)CC2)n1. The van der Waals surface area contributed by atoms with Gasteiger partial charge in [-0.25, -0.2) is 15.0 Å². The summed E-state index contributed by atoms with van der Waals surface area (Å²) in [7, 11) is 0. The van der Waals surface area contributed by atoms with Crippen molar-refractivity contribution in [3.8, 4) is 11.5 Å². The normalized spacial score (nSPS) is 17.9. The first kappa shape index (κ1) is 42.1. The standard InChI is InChI=1S/C45H45N11O7S/c1-27-23-30(63-29-7-4-3-5-8-29)11-12-32(27)49-42(60)35-25-46-45(64-35)50-36-24-37(48-28(2)47-36)54-17-15-52(16-18-54)26-39(58)55-21-19-53(20-22-55)33-10-6-9-31-40(33)44(62)56(43(31)61)34-13-14-38(57)51-41(34)59/h3-12,23-25,34H,13-22,26H2,1-2H3,(H,49,60)(H,51,57,59)(H,46,47,48,50). The number of nitrogens with zero attached hydrogens (tertiary/aromatic N) is 8. The Kier molecular flexibility index (Phi) is 11.7.